The Morgan fingerprint density at radius 1 is 1.00 bits per heavy atom. The van der Waals surface area contributed by atoms with Gasteiger partial charge < -0.3 is 19.2 Å². The van der Waals surface area contributed by atoms with Crippen LogP contribution < -0.4 is 10.1 Å². The first-order valence-electron chi connectivity index (χ1n) is 9.08. The van der Waals surface area contributed by atoms with Crippen LogP contribution >= 0.6 is 0 Å². The van der Waals surface area contributed by atoms with E-state index < -0.39 is 18.5 Å². The number of carbonyl (C=O) groups is 2. The Labute approximate surface area is 167 Å². The number of hydrogen-bond acceptors (Lipinski definition) is 5. The van der Waals surface area contributed by atoms with Crippen LogP contribution in [0.1, 0.15) is 16.1 Å². The molecule has 0 aliphatic heterocycles. The van der Waals surface area contributed by atoms with Crippen molar-refractivity contribution < 1.29 is 23.5 Å². The number of amides is 1. The van der Waals surface area contributed by atoms with Crippen molar-refractivity contribution in [3.63, 3.8) is 0 Å². The number of nitrogens with one attached hydrogen (secondary N) is 1. The Morgan fingerprint density at radius 3 is 2.62 bits per heavy atom. The van der Waals surface area contributed by atoms with E-state index in [1.165, 1.54) is 0 Å². The van der Waals surface area contributed by atoms with Crippen molar-refractivity contribution in [2.24, 2.45) is 0 Å². The lowest BCUT2D eigenvalue weighted by molar-refractivity contribution is -0.119. The smallest absolute Gasteiger partial charge is 0.375 e. The maximum absolute atomic E-state index is 12.4. The molecule has 0 saturated heterocycles. The van der Waals surface area contributed by atoms with Crippen LogP contribution in [0, 0.1) is 6.92 Å². The highest BCUT2D eigenvalue weighted by Crippen LogP contribution is 2.29. The van der Waals surface area contributed by atoms with Gasteiger partial charge in [0.2, 0.25) is 5.76 Å². The summed E-state index contributed by atoms with van der Waals surface area (Å²) in [4.78, 5) is 24.7. The van der Waals surface area contributed by atoms with Gasteiger partial charge in [-0.25, -0.2) is 4.79 Å². The van der Waals surface area contributed by atoms with Gasteiger partial charge in [-0.05, 0) is 36.6 Å². The minimum Gasteiger partial charge on any atom is -0.497 e. The summed E-state index contributed by atoms with van der Waals surface area (Å²) < 4.78 is 16.0. The molecule has 1 heterocycles. The molecular weight excluding hydrogens is 370 g/mol. The molecule has 4 aromatic rings. The number of rotatable bonds is 5. The summed E-state index contributed by atoms with van der Waals surface area (Å²) >= 11 is 0. The summed E-state index contributed by atoms with van der Waals surface area (Å²) in [5.41, 5.74) is 1.85. The molecule has 4 rings (SSSR count). The van der Waals surface area contributed by atoms with Crippen LogP contribution in [-0.2, 0) is 9.53 Å². The monoisotopic (exact) mass is 389 g/mol. The van der Waals surface area contributed by atoms with Crippen molar-refractivity contribution in [2.75, 3.05) is 19.0 Å². The molecule has 3 aromatic carbocycles. The molecular formula is C23H19NO5. The molecule has 146 valence electrons. The second kappa shape index (κ2) is 7.67. The van der Waals surface area contributed by atoms with Gasteiger partial charge in [0.25, 0.3) is 5.91 Å². The standard InChI is InChI=1S/C23H19NO5/c1-14-18-12-16(27-2)10-11-20(18)29-22(14)23(26)28-13-21(25)24-19-9-5-7-15-6-3-4-8-17(15)19/h3-12H,13H2,1-2H3,(H,24,25). The average Bonchev–Trinajstić information content (AvgIpc) is 3.08. The molecule has 0 fully saturated rings. The van der Waals surface area contributed by atoms with Gasteiger partial charge in [-0.2, -0.15) is 0 Å². The highest BCUT2D eigenvalue weighted by atomic mass is 16.5. The van der Waals surface area contributed by atoms with E-state index in [0.29, 0.717) is 22.6 Å². The SMILES string of the molecule is COc1ccc2oc(C(=O)OCC(=O)Nc3cccc4ccccc34)c(C)c2c1. The van der Waals surface area contributed by atoms with Gasteiger partial charge in [-0.1, -0.05) is 36.4 Å². The molecule has 0 saturated carbocycles. The molecule has 0 unspecified atom stereocenters. The van der Waals surface area contributed by atoms with Gasteiger partial charge in [0.05, 0.1) is 7.11 Å². The summed E-state index contributed by atoms with van der Waals surface area (Å²) in [7, 11) is 1.57. The summed E-state index contributed by atoms with van der Waals surface area (Å²) in [6.07, 6.45) is 0. The highest BCUT2D eigenvalue weighted by molar-refractivity contribution is 6.03. The minimum atomic E-state index is -0.689. The van der Waals surface area contributed by atoms with Gasteiger partial charge >= 0.3 is 5.97 Å². The van der Waals surface area contributed by atoms with Crippen LogP contribution in [0.5, 0.6) is 5.75 Å². The van der Waals surface area contributed by atoms with Crippen molar-refractivity contribution in [1.82, 2.24) is 0 Å². The molecule has 1 N–H and O–H groups in total. The predicted octanol–water partition coefficient (Wildman–Crippen LogP) is 4.70. The Hall–Kier alpha value is -3.80. The maximum atomic E-state index is 12.4. The number of esters is 1. The molecule has 1 aromatic heterocycles. The van der Waals surface area contributed by atoms with Crippen molar-refractivity contribution in [3.05, 3.63) is 72.0 Å². The van der Waals surface area contributed by atoms with Gasteiger partial charge in [0.15, 0.2) is 6.61 Å². The number of ether oxygens (including phenoxy) is 2. The van der Waals surface area contributed by atoms with E-state index in [0.717, 1.165) is 16.2 Å². The van der Waals surface area contributed by atoms with Crippen molar-refractivity contribution in [3.8, 4) is 5.75 Å². The third-order valence-electron chi connectivity index (χ3n) is 4.73. The lowest BCUT2D eigenvalue weighted by Gasteiger charge is -2.09. The topological polar surface area (TPSA) is 77.8 Å². The number of fused-ring (bicyclic) bond motifs is 2. The fourth-order valence-corrected chi connectivity index (χ4v) is 3.24. The van der Waals surface area contributed by atoms with E-state index in [1.54, 1.807) is 38.3 Å². The zero-order valence-corrected chi connectivity index (χ0v) is 16.0. The molecule has 0 bridgehead atoms. The number of anilines is 1. The van der Waals surface area contributed by atoms with Crippen LogP contribution in [0.3, 0.4) is 0 Å². The third-order valence-corrected chi connectivity index (χ3v) is 4.73. The van der Waals surface area contributed by atoms with Crippen LogP contribution in [-0.4, -0.2) is 25.6 Å². The third kappa shape index (κ3) is 3.65. The normalized spacial score (nSPS) is 10.8. The number of methoxy groups -OCH3 is 1. The van der Waals surface area contributed by atoms with Crippen LogP contribution in [0.15, 0.2) is 65.1 Å². The van der Waals surface area contributed by atoms with Gasteiger partial charge in [0.1, 0.15) is 11.3 Å². The number of carbonyl (C=O) groups excluding carboxylic acids is 2. The van der Waals surface area contributed by atoms with Gasteiger partial charge in [-0.15, -0.1) is 0 Å². The maximum Gasteiger partial charge on any atom is 0.375 e. The number of aryl methyl sites for hydroxylation is 1. The molecule has 0 aliphatic carbocycles. The van der Waals surface area contributed by atoms with Crippen molar-refractivity contribution in [1.29, 1.82) is 0 Å². The number of hydrogen-bond donors (Lipinski definition) is 1. The fraction of sp³-hybridized carbons (Fsp3) is 0.130. The molecule has 0 spiro atoms. The first kappa shape index (κ1) is 18.6. The first-order valence-corrected chi connectivity index (χ1v) is 9.08. The average molecular weight is 389 g/mol. The Bertz CT molecular complexity index is 1220. The highest BCUT2D eigenvalue weighted by Gasteiger charge is 2.20. The second-order valence-corrected chi connectivity index (χ2v) is 6.57. The number of furan rings is 1. The van der Waals surface area contributed by atoms with E-state index in [9.17, 15) is 9.59 Å². The molecule has 1 amide bonds. The van der Waals surface area contributed by atoms with E-state index in [4.69, 9.17) is 13.9 Å². The summed E-state index contributed by atoms with van der Waals surface area (Å²) in [6, 6.07) is 18.6. The summed E-state index contributed by atoms with van der Waals surface area (Å²) in [6.45, 7) is 1.35. The predicted molar refractivity (Wildman–Crippen MR) is 110 cm³/mol. The molecule has 6 heteroatoms. The van der Waals surface area contributed by atoms with Gasteiger partial charge in [0, 0.05) is 22.0 Å². The Morgan fingerprint density at radius 2 is 1.79 bits per heavy atom. The lowest BCUT2D eigenvalue weighted by atomic mass is 10.1. The Balaban J connectivity index is 1.46. The van der Waals surface area contributed by atoms with E-state index in [-0.39, 0.29) is 5.76 Å². The van der Waals surface area contributed by atoms with E-state index in [1.807, 2.05) is 36.4 Å². The molecule has 6 nitrogen and oxygen atoms in total. The van der Waals surface area contributed by atoms with Crippen LogP contribution in [0.2, 0.25) is 0 Å². The quantitative estimate of drug-likeness (QED) is 0.501. The zero-order valence-electron chi connectivity index (χ0n) is 16.0. The second-order valence-electron chi connectivity index (χ2n) is 6.57. The Kier molecular flexibility index (Phi) is 4.91. The molecule has 0 aliphatic rings. The zero-order chi connectivity index (χ0) is 20.4. The van der Waals surface area contributed by atoms with E-state index >= 15 is 0 Å². The minimum absolute atomic E-state index is 0.0752. The molecule has 0 radical (unpaired) electrons. The molecule has 0 atom stereocenters. The fourth-order valence-electron chi connectivity index (χ4n) is 3.24. The van der Waals surface area contributed by atoms with Crippen molar-refractivity contribution >= 4 is 39.3 Å². The van der Waals surface area contributed by atoms with Crippen LogP contribution in [0.25, 0.3) is 21.7 Å². The van der Waals surface area contributed by atoms with E-state index in [2.05, 4.69) is 5.32 Å². The largest absolute Gasteiger partial charge is 0.497 e. The molecule has 29 heavy (non-hydrogen) atoms. The van der Waals surface area contributed by atoms with Gasteiger partial charge in [-0.3, -0.25) is 4.79 Å². The van der Waals surface area contributed by atoms with Crippen LogP contribution in [0.4, 0.5) is 5.69 Å². The summed E-state index contributed by atoms with van der Waals surface area (Å²) in [5, 5.41) is 5.47. The van der Waals surface area contributed by atoms with Crippen molar-refractivity contribution in [2.45, 2.75) is 6.92 Å². The first-order chi connectivity index (χ1) is 14.1. The summed E-state index contributed by atoms with van der Waals surface area (Å²) in [5.74, 6) is -0.377. The lowest BCUT2D eigenvalue weighted by Crippen LogP contribution is -2.21. The number of benzene rings is 3.